The van der Waals surface area contributed by atoms with E-state index >= 15 is 0 Å². The Labute approximate surface area is 253 Å². The molecule has 0 unspecified atom stereocenters. The van der Waals surface area contributed by atoms with Crippen LogP contribution >= 0.6 is 11.6 Å². The van der Waals surface area contributed by atoms with Crippen LogP contribution < -0.4 is 32.6 Å². The molecule has 1 atom stereocenters. The monoisotopic (exact) mass is 605 g/mol. The van der Waals surface area contributed by atoms with Gasteiger partial charge in [0.1, 0.15) is 12.2 Å². The zero-order valence-corrected chi connectivity index (χ0v) is 24.3. The number of ether oxygens (including phenoxy) is 1. The number of hydrazone groups is 1. The number of methoxy groups -OCH3 is 1. The Morgan fingerprint density at radius 2 is 2.05 bits per heavy atom. The van der Waals surface area contributed by atoms with Crippen LogP contribution in [0.5, 0.6) is 0 Å². The maximum absolute atomic E-state index is 13.1. The Morgan fingerprint density at radius 1 is 1.23 bits per heavy atom. The summed E-state index contributed by atoms with van der Waals surface area (Å²) in [4.78, 5) is 45.5. The van der Waals surface area contributed by atoms with E-state index in [1.54, 1.807) is 48.7 Å². The Hall–Kier alpha value is -5.14. The summed E-state index contributed by atoms with van der Waals surface area (Å²) in [7, 11) is 1.27. The standard InChI is InChI=1S/C29H32ClN9O4/c1-17-3-9-22(36-27(41)12-5-18-13-19(30)6-10-25(18)39(32)16-34-31)28-33-15-24(38-28)21-8-7-20(35-29(42)43-2)14-23(21)37-26(40)11-4-17/h3,5-8,10,12-16,22H,4,9,11,31-32H2,1-2H3,(H,33,38)(H,35,42)(H,36,41)(H,37,40)/b12-5+,17-3+,34-16-/t22-/m0/s1. The number of amides is 3. The smallest absolute Gasteiger partial charge is 0.411 e. The number of aromatic nitrogens is 2. The third-order valence-corrected chi connectivity index (χ3v) is 6.81. The van der Waals surface area contributed by atoms with Crippen molar-refractivity contribution in [1.82, 2.24) is 15.3 Å². The zero-order chi connectivity index (χ0) is 30.9. The summed E-state index contributed by atoms with van der Waals surface area (Å²) in [5, 5.41) is 13.6. The number of carbonyl (C=O) groups is 3. The van der Waals surface area contributed by atoms with Gasteiger partial charge in [0.25, 0.3) is 0 Å². The van der Waals surface area contributed by atoms with Gasteiger partial charge in [-0.25, -0.2) is 15.6 Å². The van der Waals surface area contributed by atoms with Crippen molar-refractivity contribution in [3.63, 3.8) is 0 Å². The summed E-state index contributed by atoms with van der Waals surface area (Å²) in [5.74, 6) is 11.2. The number of benzene rings is 2. The van der Waals surface area contributed by atoms with Gasteiger partial charge in [0.2, 0.25) is 11.8 Å². The number of nitrogens with two attached hydrogens (primary N) is 2. The Balaban J connectivity index is 1.63. The largest absolute Gasteiger partial charge is 0.453 e. The van der Waals surface area contributed by atoms with Gasteiger partial charge in [0.05, 0.1) is 36.4 Å². The van der Waals surface area contributed by atoms with Gasteiger partial charge in [0.15, 0.2) is 0 Å². The molecule has 0 spiro atoms. The van der Waals surface area contributed by atoms with Crippen molar-refractivity contribution in [3.8, 4) is 11.3 Å². The number of carbonyl (C=O) groups excluding carboxylic acids is 3. The molecule has 13 nitrogen and oxygen atoms in total. The minimum atomic E-state index is -0.635. The molecule has 2 heterocycles. The Kier molecular flexibility index (Phi) is 10.1. The number of halogens is 1. The molecule has 224 valence electrons. The van der Waals surface area contributed by atoms with Crippen molar-refractivity contribution >= 4 is 59.0 Å². The number of nitrogens with one attached hydrogen (secondary N) is 4. The number of allylic oxidation sites excluding steroid dienone is 1. The molecule has 1 aliphatic heterocycles. The van der Waals surface area contributed by atoms with Crippen molar-refractivity contribution in [1.29, 1.82) is 0 Å². The van der Waals surface area contributed by atoms with Gasteiger partial charge >= 0.3 is 6.09 Å². The van der Waals surface area contributed by atoms with Gasteiger partial charge in [-0.3, -0.25) is 19.9 Å². The fourth-order valence-electron chi connectivity index (χ4n) is 4.38. The number of hydrazine groups is 1. The quantitative estimate of drug-likeness (QED) is 0.0593. The molecule has 2 bridgehead atoms. The summed E-state index contributed by atoms with van der Waals surface area (Å²) in [5.41, 5.74) is 4.26. The van der Waals surface area contributed by atoms with Crippen LogP contribution in [-0.4, -0.2) is 41.3 Å². The van der Waals surface area contributed by atoms with E-state index in [-0.39, 0.29) is 18.2 Å². The third kappa shape index (κ3) is 8.21. The highest BCUT2D eigenvalue weighted by Gasteiger charge is 2.20. The molecule has 0 radical (unpaired) electrons. The predicted molar refractivity (Wildman–Crippen MR) is 167 cm³/mol. The maximum Gasteiger partial charge on any atom is 0.411 e. The van der Waals surface area contributed by atoms with Crippen molar-refractivity contribution in [2.75, 3.05) is 22.8 Å². The van der Waals surface area contributed by atoms with Gasteiger partial charge < -0.3 is 26.2 Å². The fourth-order valence-corrected chi connectivity index (χ4v) is 4.56. The second-order valence-corrected chi connectivity index (χ2v) is 10.1. The van der Waals surface area contributed by atoms with E-state index in [1.807, 2.05) is 13.0 Å². The number of nitrogens with zero attached hydrogens (tertiary/aromatic N) is 3. The van der Waals surface area contributed by atoms with Crippen LogP contribution in [0.25, 0.3) is 17.3 Å². The first-order valence-corrected chi connectivity index (χ1v) is 13.6. The van der Waals surface area contributed by atoms with Gasteiger partial charge in [-0.1, -0.05) is 23.3 Å². The molecule has 8 N–H and O–H groups in total. The van der Waals surface area contributed by atoms with Crippen LogP contribution in [0.15, 0.2) is 65.4 Å². The summed E-state index contributed by atoms with van der Waals surface area (Å²) in [6, 6.07) is 9.56. The molecule has 3 aromatic rings. The van der Waals surface area contributed by atoms with Crippen LogP contribution in [0, 0.1) is 0 Å². The number of fused-ring (bicyclic) bond motifs is 4. The van der Waals surface area contributed by atoms with Crippen molar-refractivity contribution in [2.45, 2.75) is 32.2 Å². The molecule has 1 aliphatic rings. The number of hydrogen-bond acceptors (Lipinski definition) is 8. The summed E-state index contributed by atoms with van der Waals surface area (Å²) < 4.78 is 4.67. The number of imidazole rings is 1. The lowest BCUT2D eigenvalue weighted by molar-refractivity contribution is -0.117. The highest BCUT2D eigenvalue weighted by Crippen LogP contribution is 2.32. The molecule has 1 aromatic heterocycles. The Bertz CT molecular complexity index is 1600. The number of aromatic amines is 1. The van der Waals surface area contributed by atoms with Gasteiger partial charge in [0, 0.05) is 34.3 Å². The number of anilines is 3. The molecule has 2 aromatic carbocycles. The molecule has 0 saturated heterocycles. The van der Waals surface area contributed by atoms with E-state index in [2.05, 4.69) is 35.8 Å². The van der Waals surface area contributed by atoms with Gasteiger partial charge in [-0.15, -0.1) is 0 Å². The lowest BCUT2D eigenvalue weighted by Gasteiger charge is -2.16. The van der Waals surface area contributed by atoms with Crippen molar-refractivity contribution in [3.05, 3.63) is 76.7 Å². The molecule has 0 aliphatic carbocycles. The molecule has 43 heavy (non-hydrogen) atoms. The topological polar surface area (TPSA) is 193 Å². The second-order valence-electron chi connectivity index (χ2n) is 9.66. The summed E-state index contributed by atoms with van der Waals surface area (Å²) in [6.45, 7) is 1.93. The Morgan fingerprint density at radius 3 is 2.81 bits per heavy atom. The van der Waals surface area contributed by atoms with E-state index in [0.717, 1.165) is 5.57 Å². The van der Waals surface area contributed by atoms with Crippen LogP contribution in [0.1, 0.15) is 43.6 Å². The molecule has 14 heteroatoms. The van der Waals surface area contributed by atoms with Crippen molar-refractivity contribution < 1.29 is 19.1 Å². The SMILES string of the molecule is COC(=O)Nc1ccc2c(c1)NC(=O)CC/C(C)=C/C[C@H](NC(=O)/C=C/c1cc(Cl)ccc1N(N)/C=N\N)c1ncc-2[nH]1. The molecule has 0 fully saturated rings. The first-order valence-electron chi connectivity index (χ1n) is 13.2. The maximum atomic E-state index is 13.1. The van der Waals surface area contributed by atoms with E-state index in [1.165, 1.54) is 24.5 Å². The van der Waals surface area contributed by atoms with Gasteiger partial charge in [-0.05, 0) is 62.2 Å². The van der Waals surface area contributed by atoms with Gasteiger partial charge in [-0.2, -0.15) is 5.10 Å². The summed E-state index contributed by atoms with van der Waals surface area (Å²) in [6.07, 6.45) is 8.35. The fraction of sp³-hybridized carbons (Fsp3) is 0.207. The number of H-pyrrole nitrogens is 1. The molecule has 3 amide bonds. The number of rotatable bonds is 6. The summed E-state index contributed by atoms with van der Waals surface area (Å²) >= 11 is 6.17. The van der Waals surface area contributed by atoms with E-state index < -0.39 is 12.1 Å². The zero-order valence-electron chi connectivity index (χ0n) is 23.6. The normalized spacial score (nSPS) is 16.6. The van der Waals surface area contributed by atoms with Crippen LogP contribution in [0.2, 0.25) is 5.02 Å². The van der Waals surface area contributed by atoms with E-state index in [0.29, 0.717) is 57.6 Å². The minimum Gasteiger partial charge on any atom is -0.453 e. The first-order chi connectivity index (χ1) is 20.7. The highest BCUT2D eigenvalue weighted by atomic mass is 35.5. The average Bonchev–Trinajstić information content (AvgIpc) is 3.47. The number of hydrogen-bond donors (Lipinski definition) is 6. The molecular formula is C29H32ClN9O4. The van der Waals surface area contributed by atoms with Crippen LogP contribution in [0.4, 0.5) is 21.9 Å². The lowest BCUT2D eigenvalue weighted by atomic mass is 10.1. The molecule has 4 rings (SSSR count). The van der Waals surface area contributed by atoms with Crippen molar-refractivity contribution in [2.24, 2.45) is 16.8 Å². The molecular weight excluding hydrogens is 574 g/mol. The van der Waals surface area contributed by atoms with E-state index in [4.69, 9.17) is 23.3 Å². The first kappa shape index (κ1) is 30.8. The molecule has 0 saturated carbocycles. The van der Waals surface area contributed by atoms with E-state index in [9.17, 15) is 14.4 Å². The highest BCUT2D eigenvalue weighted by molar-refractivity contribution is 6.30. The predicted octanol–water partition coefficient (Wildman–Crippen LogP) is 4.43. The van der Waals surface area contributed by atoms with Crippen LogP contribution in [-0.2, 0) is 14.3 Å². The third-order valence-electron chi connectivity index (χ3n) is 6.58. The van der Waals surface area contributed by atoms with Crippen LogP contribution in [0.3, 0.4) is 0 Å². The lowest BCUT2D eigenvalue weighted by Crippen LogP contribution is -2.30. The minimum absolute atomic E-state index is 0.188. The average molecular weight is 606 g/mol. The second kappa shape index (κ2) is 14.2.